The molecule has 0 bridgehead atoms. The third-order valence-corrected chi connectivity index (χ3v) is 3.00. The molecule has 0 saturated carbocycles. The van der Waals surface area contributed by atoms with Crippen molar-refractivity contribution in [3.63, 3.8) is 0 Å². The fraction of sp³-hybridized carbons (Fsp3) is 0.800. The standard InChI is InChI=1S/C10H18N2O2S/c1-3-14-9(13)8-5-4-6-12(7-8)10(15)11-2/h8H,3-7H2,1-2H3,(H,11,15)/t8-/m0/s1. The van der Waals surface area contributed by atoms with Crippen LogP contribution in [0.1, 0.15) is 19.8 Å². The number of rotatable bonds is 2. The monoisotopic (exact) mass is 230 g/mol. The molecule has 1 fully saturated rings. The molecule has 0 aromatic heterocycles. The zero-order chi connectivity index (χ0) is 11.3. The number of thiocarbonyl (C=S) groups is 1. The van der Waals surface area contributed by atoms with Gasteiger partial charge in [-0.2, -0.15) is 0 Å². The summed E-state index contributed by atoms with van der Waals surface area (Å²) in [5, 5.41) is 3.64. The summed E-state index contributed by atoms with van der Waals surface area (Å²) in [5.74, 6) is -0.119. The molecule has 0 aromatic carbocycles. The summed E-state index contributed by atoms with van der Waals surface area (Å²) in [7, 11) is 1.80. The average Bonchev–Trinajstić information content (AvgIpc) is 2.28. The van der Waals surface area contributed by atoms with Gasteiger partial charge in [0.05, 0.1) is 12.5 Å². The van der Waals surface area contributed by atoms with Crippen molar-refractivity contribution in [2.75, 3.05) is 26.7 Å². The number of ether oxygens (including phenoxy) is 1. The Bertz CT molecular complexity index is 246. The van der Waals surface area contributed by atoms with E-state index in [4.69, 9.17) is 17.0 Å². The van der Waals surface area contributed by atoms with E-state index in [0.29, 0.717) is 18.3 Å². The van der Waals surface area contributed by atoms with Crippen molar-refractivity contribution in [3.8, 4) is 0 Å². The molecule has 0 aromatic rings. The number of likely N-dealkylation sites (tertiary alicyclic amines) is 1. The molecule has 1 aliphatic heterocycles. The molecule has 1 saturated heterocycles. The Morgan fingerprint density at radius 2 is 2.40 bits per heavy atom. The summed E-state index contributed by atoms with van der Waals surface area (Å²) in [6, 6.07) is 0. The zero-order valence-electron chi connectivity index (χ0n) is 9.28. The van der Waals surface area contributed by atoms with Crippen LogP contribution in [0.15, 0.2) is 0 Å². The van der Waals surface area contributed by atoms with Crippen molar-refractivity contribution in [3.05, 3.63) is 0 Å². The van der Waals surface area contributed by atoms with Crippen LogP contribution in [-0.2, 0) is 9.53 Å². The van der Waals surface area contributed by atoms with Crippen molar-refractivity contribution >= 4 is 23.3 Å². The summed E-state index contributed by atoms with van der Waals surface area (Å²) in [4.78, 5) is 13.6. The molecule has 86 valence electrons. The number of nitrogens with one attached hydrogen (secondary N) is 1. The van der Waals surface area contributed by atoms with E-state index in [1.54, 1.807) is 7.05 Å². The molecular weight excluding hydrogens is 212 g/mol. The molecule has 1 rings (SSSR count). The van der Waals surface area contributed by atoms with Gasteiger partial charge in [-0.05, 0) is 32.0 Å². The molecule has 15 heavy (non-hydrogen) atoms. The van der Waals surface area contributed by atoms with Crippen LogP contribution in [-0.4, -0.2) is 42.7 Å². The summed E-state index contributed by atoms with van der Waals surface area (Å²) in [6.07, 6.45) is 1.90. The lowest BCUT2D eigenvalue weighted by atomic mass is 9.98. The van der Waals surface area contributed by atoms with Gasteiger partial charge in [0.25, 0.3) is 0 Å². The Kier molecular flexibility index (Phi) is 4.81. The summed E-state index contributed by atoms with van der Waals surface area (Å²) in [5.41, 5.74) is 0. The van der Waals surface area contributed by atoms with Gasteiger partial charge in [0.2, 0.25) is 0 Å². The van der Waals surface area contributed by atoms with E-state index in [0.717, 1.165) is 19.4 Å². The Hall–Kier alpha value is -0.840. The molecule has 0 radical (unpaired) electrons. The molecule has 0 amide bonds. The van der Waals surface area contributed by atoms with Crippen molar-refractivity contribution in [2.24, 2.45) is 5.92 Å². The fourth-order valence-corrected chi connectivity index (χ4v) is 1.94. The minimum Gasteiger partial charge on any atom is -0.466 e. The van der Waals surface area contributed by atoms with Gasteiger partial charge < -0.3 is 15.0 Å². The quantitative estimate of drug-likeness (QED) is 0.560. The smallest absolute Gasteiger partial charge is 0.310 e. The molecule has 1 heterocycles. The third-order valence-electron chi connectivity index (χ3n) is 2.54. The summed E-state index contributed by atoms with van der Waals surface area (Å²) >= 11 is 5.14. The van der Waals surface area contributed by atoms with E-state index in [1.165, 1.54) is 0 Å². The van der Waals surface area contributed by atoms with Gasteiger partial charge >= 0.3 is 5.97 Å². The number of nitrogens with zero attached hydrogens (tertiary/aromatic N) is 1. The van der Waals surface area contributed by atoms with E-state index in [2.05, 4.69) is 5.32 Å². The Morgan fingerprint density at radius 1 is 1.67 bits per heavy atom. The van der Waals surface area contributed by atoms with E-state index in [-0.39, 0.29) is 11.9 Å². The predicted octanol–water partition coefficient (Wildman–Crippen LogP) is 0.766. The lowest BCUT2D eigenvalue weighted by Crippen LogP contribution is -2.46. The molecule has 0 spiro atoms. The normalized spacial score (nSPS) is 20.9. The first-order chi connectivity index (χ1) is 7.19. The number of hydrogen-bond donors (Lipinski definition) is 1. The largest absolute Gasteiger partial charge is 0.466 e. The molecule has 4 nitrogen and oxygen atoms in total. The molecular formula is C10H18N2O2S. The fourth-order valence-electron chi connectivity index (χ4n) is 1.77. The predicted molar refractivity (Wildman–Crippen MR) is 62.6 cm³/mol. The summed E-state index contributed by atoms with van der Waals surface area (Å²) < 4.78 is 5.01. The van der Waals surface area contributed by atoms with Gasteiger partial charge in [-0.15, -0.1) is 0 Å². The van der Waals surface area contributed by atoms with Crippen LogP contribution in [0.2, 0.25) is 0 Å². The van der Waals surface area contributed by atoms with E-state index >= 15 is 0 Å². The third kappa shape index (κ3) is 3.34. The molecule has 1 N–H and O–H groups in total. The average molecular weight is 230 g/mol. The van der Waals surface area contributed by atoms with Crippen LogP contribution < -0.4 is 5.32 Å². The van der Waals surface area contributed by atoms with Gasteiger partial charge in [0, 0.05) is 20.1 Å². The minimum atomic E-state index is -0.0962. The highest BCUT2D eigenvalue weighted by molar-refractivity contribution is 7.80. The van der Waals surface area contributed by atoms with E-state index in [1.807, 2.05) is 11.8 Å². The first-order valence-corrected chi connectivity index (χ1v) is 5.73. The SMILES string of the molecule is CCOC(=O)[C@H]1CCCN(C(=S)NC)C1. The van der Waals surface area contributed by atoms with Crippen LogP contribution in [0.5, 0.6) is 0 Å². The van der Waals surface area contributed by atoms with Crippen LogP contribution >= 0.6 is 12.2 Å². The van der Waals surface area contributed by atoms with Crippen molar-refractivity contribution in [2.45, 2.75) is 19.8 Å². The van der Waals surface area contributed by atoms with Crippen LogP contribution in [0.25, 0.3) is 0 Å². The van der Waals surface area contributed by atoms with Crippen molar-refractivity contribution < 1.29 is 9.53 Å². The van der Waals surface area contributed by atoms with E-state index < -0.39 is 0 Å². The van der Waals surface area contributed by atoms with Gasteiger partial charge in [-0.3, -0.25) is 4.79 Å². The first kappa shape index (κ1) is 12.2. The van der Waals surface area contributed by atoms with Gasteiger partial charge in [-0.1, -0.05) is 0 Å². The maximum absolute atomic E-state index is 11.5. The Balaban J connectivity index is 2.48. The van der Waals surface area contributed by atoms with Crippen LogP contribution in [0, 0.1) is 5.92 Å². The molecule has 1 atom stereocenters. The second kappa shape index (κ2) is 5.90. The Morgan fingerprint density at radius 3 is 3.00 bits per heavy atom. The van der Waals surface area contributed by atoms with Gasteiger partial charge in [0.15, 0.2) is 5.11 Å². The lowest BCUT2D eigenvalue weighted by Gasteiger charge is -2.32. The minimum absolute atomic E-state index is 0.0231. The summed E-state index contributed by atoms with van der Waals surface area (Å²) in [6.45, 7) is 3.89. The molecule has 1 aliphatic rings. The highest BCUT2D eigenvalue weighted by atomic mass is 32.1. The maximum Gasteiger partial charge on any atom is 0.310 e. The lowest BCUT2D eigenvalue weighted by molar-refractivity contribution is -0.149. The number of carbonyl (C=O) groups is 1. The number of piperidine rings is 1. The highest BCUT2D eigenvalue weighted by Crippen LogP contribution is 2.17. The second-order valence-corrected chi connectivity index (χ2v) is 3.98. The molecule has 0 unspecified atom stereocenters. The zero-order valence-corrected chi connectivity index (χ0v) is 10.1. The topological polar surface area (TPSA) is 41.6 Å². The second-order valence-electron chi connectivity index (χ2n) is 3.59. The molecule has 0 aliphatic carbocycles. The maximum atomic E-state index is 11.5. The van der Waals surface area contributed by atoms with Crippen LogP contribution in [0.3, 0.4) is 0 Å². The van der Waals surface area contributed by atoms with Gasteiger partial charge in [-0.25, -0.2) is 0 Å². The van der Waals surface area contributed by atoms with Crippen LogP contribution in [0.4, 0.5) is 0 Å². The molecule has 5 heteroatoms. The number of hydrogen-bond acceptors (Lipinski definition) is 3. The van der Waals surface area contributed by atoms with Gasteiger partial charge in [0.1, 0.15) is 0 Å². The van der Waals surface area contributed by atoms with Crippen molar-refractivity contribution in [1.29, 1.82) is 0 Å². The van der Waals surface area contributed by atoms with Crippen molar-refractivity contribution in [1.82, 2.24) is 10.2 Å². The first-order valence-electron chi connectivity index (χ1n) is 5.32. The number of carbonyl (C=O) groups excluding carboxylic acids is 1. The van der Waals surface area contributed by atoms with E-state index in [9.17, 15) is 4.79 Å². The highest BCUT2D eigenvalue weighted by Gasteiger charge is 2.27. The Labute approximate surface area is 96.0 Å². The number of esters is 1.